The van der Waals surface area contributed by atoms with Crippen molar-refractivity contribution in [2.45, 2.75) is 44.4 Å². The molecule has 11 nitrogen and oxygen atoms in total. The number of amides is 2. The van der Waals surface area contributed by atoms with Crippen LogP contribution in [0.1, 0.15) is 59.2 Å². The summed E-state index contributed by atoms with van der Waals surface area (Å²) in [5, 5.41) is 15.7. The summed E-state index contributed by atoms with van der Waals surface area (Å²) in [6.07, 6.45) is 5.32. The number of nitrogens with one attached hydrogen (secondary N) is 2. The minimum absolute atomic E-state index is 0.112. The zero-order valence-corrected chi connectivity index (χ0v) is 21.7. The molecule has 2 aromatic heterocycles. The number of hydrogen-bond acceptors (Lipinski definition) is 7. The third-order valence-electron chi connectivity index (χ3n) is 8.41. The van der Waals surface area contributed by atoms with Crippen LogP contribution in [0.4, 0.5) is 26.0 Å². The van der Waals surface area contributed by atoms with E-state index in [-0.39, 0.29) is 42.7 Å². The first kappa shape index (κ1) is 26.0. The van der Waals surface area contributed by atoms with E-state index in [1.165, 1.54) is 31.0 Å². The van der Waals surface area contributed by atoms with Crippen LogP contribution in [-0.2, 0) is 0 Å². The molecule has 4 heterocycles. The Labute approximate surface area is 228 Å². The van der Waals surface area contributed by atoms with Crippen LogP contribution < -0.4 is 20.7 Å². The fraction of sp³-hybridized carbons (Fsp3) is 0.444. The van der Waals surface area contributed by atoms with Gasteiger partial charge in [0.15, 0.2) is 0 Å². The molecule has 0 atom stereocenters. The van der Waals surface area contributed by atoms with E-state index in [1.807, 2.05) is 4.90 Å². The van der Waals surface area contributed by atoms with Gasteiger partial charge < -0.3 is 9.80 Å². The van der Waals surface area contributed by atoms with Gasteiger partial charge in [-0.3, -0.25) is 30.6 Å². The molecular formula is C27H29F2N7O4. The second-order valence-electron chi connectivity index (χ2n) is 11.0. The zero-order chi connectivity index (χ0) is 28.1. The minimum Gasteiger partial charge on any atom is -0.371 e. The Hall–Kier alpha value is -4.29. The highest BCUT2D eigenvalue weighted by atomic mass is 19.3. The molecule has 3 aliphatic rings. The number of hydrogen-bond donors (Lipinski definition) is 2. The third-order valence-corrected chi connectivity index (χ3v) is 8.41. The highest BCUT2D eigenvalue weighted by Gasteiger charge is 2.44. The Morgan fingerprint density at radius 3 is 2.23 bits per heavy atom. The van der Waals surface area contributed by atoms with Gasteiger partial charge in [-0.25, -0.2) is 13.3 Å². The van der Waals surface area contributed by atoms with Crippen LogP contribution in [0, 0.1) is 15.5 Å². The molecule has 1 saturated carbocycles. The lowest BCUT2D eigenvalue weighted by Gasteiger charge is -2.34. The van der Waals surface area contributed by atoms with Crippen molar-refractivity contribution < 1.29 is 23.3 Å². The number of rotatable bonds is 5. The second-order valence-corrected chi connectivity index (χ2v) is 11.0. The van der Waals surface area contributed by atoms with Crippen molar-refractivity contribution >= 4 is 34.5 Å². The topological polar surface area (TPSA) is 125 Å². The number of benzene rings is 1. The van der Waals surface area contributed by atoms with Gasteiger partial charge in [0.2, 0.25) is 0 Å². The van der Waals surface area contributed by atoms with E-state index in [2.05, 4.69) is 16.0 Å². The van der Waals surface area contributed by atoms with Crippen molar-refractivity contribution in [2.75, 3.05) is 36.0 Å². The molecule has 13 heteroatoms. The maximum Gasteiger partial charge on any atom is 0.271 e. The predicted molar refractivity (Wildman–Crippen MR) is 143 cm³/mol. The van der Waals surface area contributed by atoms with Crippen LogP contribution in [0.2, 0.25) is 0 Å². The molecule has 2 amide bonds. The van der Waals surface area contributed by atoms with Crippen molar-refractivity contribution in [3.63, 3.8) is 0 Å². The summed E-state index contributed by atoms with van der Waals surface area (Å²) < 4.78 is 29.0. The lowest BCUT2D eigenvalue weighted by molar-refractivity contribution is -0.384. The van der Waals surface area contributed by atoms with Crippen LogP contribution >= 0.6 is 0 Å². The zero-order valence-electron chi connectivity index (χ0n) is 21.7. The monoisotopic (exact) mass is 553 g/mol. The number of alkyl halides is 2. The first-order valence-electron chi connectivity index (χ1n) is 13.4. The largest absolute Gasteiger partial charge is 0.371 e. The van der Waals surface area contributed by atoms with Gasteiger partial charge >= 0.3 is 0 Å². The Bertz CT molecular complexity index is 1480. The number of anilines is 2. The van der Waals surface area contributed by atoms with Gasteiger partial charge in [0.25, 0.3) is 23.4 Å². The van der Waals surface area contributed by atoms with Crippen molar-refractivity contribution in [3.8, 4) is 0 Å². The molecule has 1 spiro atoms. The summed E-state index contributed by atoms with van der Waals surface area (Å²) in [5.74, 6) is -3.42. The van der Waals surface area contributed by atoms with Crippen molar-refractivity contribution in [3.05, 3.63) is 63.8 Å². The SMILES string of the molecule is O=C(NNC(=O)c1ccc([N+](=O)[O-])cc1N1CCC2(CC1)CC2)c1cc(N2CCC(F)(F)CC2)n2nccc2c1. The number of carbonyl (C=O) groups excluding carboxylic acids is 2. The molecule has 6 rings (SSSR count). The number of piperidine rings is 2. The molecule has 40 heavy (non-hydrogen) atoms. The standard InChI is InChI=1S/C27H29F2N7O4/c28-27(29)8-13-34(14-9-27)23-16-18(15-19-3-10-30-35(19)23)24(37)31-32-25(38)21-2-1-20(36(39)40)17-22(21)33-11-6-26(4-5-26)7-12-33/h1-3,10,15-17H,4-9,11-14H2,(H,31,37)(H,32,38). The van der Waals surface area contributed by atoms with E-state index in [0.717, 1.165) is 12.8 Å². The van der Waals surface area contributed by atoms with Crippen LogP contribution in [0.15, 0.2) is 42.6 Å². The second kappa shape index (κ2) is 9.72. The summed E-state index contributed by atoms with van der Waals surface area (Å²) in [4.78, 5) is 41.0. The number of pyridine rings is 1. The number of halogens is 2. The van der Waals surface area contributed by atoms with E-state index in [1.54, 1.807) is 33.8 Å². The van der Waals surface area contributed by atoms with Gasteiger partial charge in [0, 0.05) is 56.7 Å². The third kappa shape index (κ3) is 5.03. The molecule has 0 unspecified atom stereocenters. The molecule has 2 aliphatic heterocycles. The first-order chi connectivity index (χ1) is 19.1. The van der Waals surface area contributed by atoms with E-state index in [4.69, 9.17) is 0 Å². The summed E-state index contributed by atoms with van der Waals surface area (Å²) in [5.41, 5.74) is 6.64. The van der Waals surface area contributed by atoms with Crippen LogP contribution in [-0.4, -0.2) is 58.5 Å². The Morgan fingerprint density at radius 2 is 1.55 bits per heavy atom. The fourth-order valence-corrected chi connectivity index (χ4v) is 5.67. The summed E-state index contributed by atoms with van der Waals surface area (Å²) in [6, 6.07) is 8.93. The molecular weight excluding hydrogens is 524 g/mol. The molecule has 3 aromatic rings. The average Bonchev–Trinajstić information content (AvgIpc) is 3.52. The molecule has 0 radical (unpaired) electrons. The number of nitro benzene ring substituents is 1. The lowest BCUT2D eigenvalue weighted by Crippen LogP contribution is -2.43. The summed E-state index contributed by atoms with van der Waals surface area (Å²) >= 11 is 0. The van der Waals surface area contributed by atoms with Crippen LogP contribution in [0.5, 0.6) is 0 Å². The van der Waals surface area contributed by atoms with Crippen LogP contribution in [0.3, 0.4) is 0 Å². The molecule has 1 aliphatic carbocycles. The van der Waals surface area contributed by atoms with E-state index in [0.29, 0.717) is 35.5 Å². The number of nitrogens with zero attached hydrogens (tertiary/aromatic N) is 5. The minimum atomic E-state index is -2.72. The number of nitro groups is 1. The molecule has 2 N–H and O–H groups in total. The van der Waals surface area contributed by atoms with Crippen LogP contribution in [0.25, 0.3) is 5.52 Å². The van der Waals surface area contributed by atoms with E-state index >= 15 is 0 Å². The normalized spacial score (nSPS) is 19.4. The molecule has 1 aromatic carbocycles. The molecule has 0 bridgehead atoms. The van der Waals surface area contributed by atoms with Gasteiger partial charge in [-0.15, -0.1) is 0 Å². The van der Waals surface area contributed by atoms with Gasteiger partial charge in [-0.05, 0) is 55.4 Å². The maximum absolute atomic E-state index is 13.7. The van der Waals surface area contributed by atoms with Crippen molar-refractivity contribution in [1.29, 1.82) is 0 Å². The summed E-state index contributed by atoms with van der Waals surface area (Å²) in [6.45, 7) is 1.63. The summed E-state index contributed by atoms with van der Waals surface area (Å²) in [7, 11) is 0. The maximum atomic E-state index is 13.7. The fourth-order valence-electron chi connectivity index (χ4n) is 5.67. The van der Waals surface area contributed by atoms with E-state index < -0.39 is 22.7 Å². The quantitative estimate of drug-likeness (QED) is 0.362. The van der Waals surface area contributed by atoms with Crippen molar-refractivity contribution in [1.82, 2.24) is 20.5 Å². The van der Waals surface area contributed by atoms with Crippen molar-refractivity contribution in [2.24, 2.45) is 5.41 Å². The number of fused-ring (bicyclic) bond motifs is 1. The highest BCUT2D eigenvalue weighted by Crippen LogP contribution is 2.54. The number of hydrazine groups is 1. The number of carbonyl (C=O) groups is 2. The highest BCUT2D eigenvalue weighted by molar-refractivity contribution is 6.03. The predicted octanol–water partition coefficient (Wildman–Crippen LogP) is 3.93. The number of non-ortho nitro benzene ring substituents is 1. The number of aromatic nitrogens is 2. The van der Waals surface area contributed by atoms with Gasteiger partial charge in [0.1, 0.15) is 5.82 Å². The average molecular weight is 554 g/mol. The van der Waals surface area contributed by atoms with Gasteiger partial charge in [-0.2, -0.15) is 5.10 Å². The molecule has 2 saturated heterocycles. The van der Waals surface area contributed by atoms with Gasteiger partial charge in [-0.1, -0.05) is 0 Å². The Kier molecular flexibility index (Phi) is 6.31. The lowest BCUT2D eigenvalue weighted by atomic mass is 9.93. The van der Waals surface area contributed by atoms with Gasteiger partial charge in [0.05, 0.1) is 27.9 Å². The molecule has 210 valence electrons. The Balaban J connectivity index is 1.19. The smallest absolute Gasteiger partial charge is 0.271 e. The Morgan fingerprint density at radius 1 is 0.875 bits per heavy atom. The van der Waals surface area contributed by atoms with E-state index in [9.17, 15) is 28.5 Å². The molecule has 3 fully saturated rings. The first-order valence-corrected chi connectivity index (χ1v) is 13.4.